The van der Waals surface area contributed by atoms with E-state index in [1.807, 2.05) is 42.8 Å². The van der Waals surface area contributed by atoms with E-state index in [0.717, 1.165) is 34.8 Å². The highest BCUT2D eigenvalue weighted by atomic mass is 32.2. The van der Waals surface area contributed by atoms with Crippen molar-refractivity contribution in [3.63, 3.8) is 0 Å². The first kappa shape index (κ1) is 14.9. The van der Waals surface area contributed by atoms with Crippen molar-refractivity contribution in [2.24, 2.45) is 5.73 Å². The van der Waals surface area contributed by atoms with Gasteiger partial charge in [-0.3, -0.25) is 4.98 Å². The minimum Gasteiger partial charge on any atom is -0.455 e. The third kappa shape index (κ3) is 3.99. The molecule has 3 nitrogen and oxygen atoms in total. The smallest absolute Gasteiger partial charge is 0.146 e. The predicted molar refractivity (Wildman–Crippen MR) is 84.5 cm³/mol. The van der Waals surface area contributed by atoms with Gasteiger partial charge >= 0.3 is 0 Å². The Labute approximate surface area is 124 Å². The molecule has 0 saturated heterocycles. The van der Waals surface area contributed by atoms with E-state index in [4.69, 9.17) is 10.5 Å². The summed E-state index contributed by atoms with van der Waals surface area (Å²) in [6.45, 7) is 2.09. The maximum Gasteiger partial charge on any atom is 0.146 e. The van der Waals surface area contributed by atoms with Crippen LogP contribution in [-0.4, -0.2) is 17.3 Å². The molecule has 1 aromatic carbocycles. The maximum absolute atomic E-state index is 5.98. The lowest BCUT2D eigenvalue weighted by Crippen LogP contribution is -2.21. The lowest BCUT2D eigenvalue weighted by Gasteiger charge is -2.11. The number of para-hydroxylation sites is 1. The van der Waals surface area contributed by atoms with E-state index in [0.29, 0.717) is 0 Å². The summed E-state index contributed by atoms with van der Waals surface area (Å²) in [5, 5.41) is 0. The Morgan fingerprint density at radius 3 is 2.85 bits per heavy atom. The molecular formula is C16H20N2OS. The second-order valence-electron chi connectivity index (χ2n) is 4.65. The summed E-state index contributed by atoms with van der Waals surface area (Å²) >= 11 is 1.67. The van der Waals surface area contributed by atoms with Crippen LogP contribution in [0.3, 0.4) is 0 Å². The number of pyridine rings is 1. The number of nitrogens with zero attached hydrogens (tertiary/aromatic N) is 1. The van der Waals surface area contributed by atoms with Gasteiger partial charge in [-0.15, -0.1) is 11.8 Å². The minimum atomic E-state index is 0.172. The molecule has 2 N–H and O–H groups in total. The van der Waals surface area contributed by atoms with Gasteiger partial charge in [-0.05, 0) is 42.9 Å². The second-order valence-corrected chi connectivity index (χ2v) is 5.50. The summed E-state index contributed by atoms with van der Waals surface area (Å²) in [7, 11) is 0. The molecule has 0 amide bonds. The third-order valence-corrected chi connectivity index (χ3v) is 3.87. The Bertz CT molecular complexity index is 560. The van der Waals surface area contributed by atoms with Crippen molar-refractivity contribution in [3.8, 4) is 11.5 Å². The van der Waals surface area contributed by atoms with Crippen LogP contribution in [0, 0.1) is 0 Å². The zero-order valence-electron chi connectivity index (χ0n) is 11.9. The molecule has 0 aliphatic rings. The molecular weight excluding hydrogens is 268 g/mol. The quantitative estimate of drug-likeness (QED) is 0.820. The standard InChI is InChI=1S/C16H20N2OS/c1-3-13(17)8-12-9-14(11-18-10-12)19-15-6-4-5-7-16(15)20-2/h4-7,9-11,13H,3,8,17H2,1-2H3. The van der Waals surface area contributed by atoms with Crippen LogP contribution in [0.15, 0.2) is 47.6 Å². The zero-order valence-corrected chi connectivity index (χ0v) is 12.7. The van der Waals surface area contributed by atoms with Gasteiger partial charge in [-0.1, -0.05) is 19.1 Å². The minimum absolute atomic E-state index is 0.172. The fourth-order valence-electron chi connectivity index (χ4n) is 1.91. The average Bonchev–Trinajstić information content (AvgIpc) is 2.48. The number of hydrogen-bond donors (Lipinski definition) is 1. The van der Waals surface area contributed by atoms with Crippen LogP contribution in [0.1, 0.15) is 18.9 Å². The average molecular weight is 288 g/mol. The molecule has 20 heavy (non-hydrogen) atoms. The van der Waals surface area contributed by atoms with E-state index < -0.39 is 0 Å². The number of thioether (sulfide) groups is 1. The van der Waals surface area contributed by atoms with Crippen molar-refractivity contribution in [2.45, 2.75) is 30.7 Å². The van der Waals surface area contributed by atoms with Gasteiger partial charge in [-0.25, -0.2) is 0 Å². The van der Waals surface area contributed by atoms with E-state index in [2.05, 4.69) is 11.9 Å². The Balaban J connectivity index is 2.15. The molecule has 0 fully saturated rings. The molecule has 0 aliphatic heterocycles. The van der Waals surface area contributed by atoms with Crippen LogP contribution < -0.4 is 10.5 Å². The number of hydrogen-bond acceptors (Lipinski definition) is 4. The monoisotopic (exact) mass is 288 g/mol. The van der Waals surface area contributed by atoms with Gasteiger partial charge in [0.1, 0.15) is 11.5 Å². The lowest BCUT2D eigenvalue weighted by molar-refractivity contribution is 0.467. The number of ether oxygens (including phenoxy) is 1. The number of rotatable bonds is 6. The summed E-state index contributed by atoms with van der Waals surface area (Å²) in [6.07, 6.45) is 7.41. The van der Waals surface area contributed by atoms with E-state index in [9.17, 15) is 0 Å². The number of nitrogens with two attached hydrogens (primary N) is 1. The van der Waals surface area contributed by atoms with Crippen LogP contribution in [-0.2, 0) is 6.42 Å². The molecule has 0 radical (unpaired) electrons. The Morgan fingerprint density at radius 2 is 2.10 bits per heavy atom. The first-order chi connectivity index (χ1) is 9.72. The first-order valence-corrected chi connectivity index (χ1v) is 7.95. The fourth-order valence-corrected chi connectivity index (χ4v) is 2.43. The number of benzene rings is 1. The molecule has 1 atom stereocenters. The summed E-state index contributed by atoms with van der Waals surface area (Å²) in [5.74, 6) is 1.62. The van der Waals surface area contributed by atoms with Gasteiger partial charge in [-0.2, -0.15) is 0 Å². The Morgan fingerprint density at radius 1 is 1.30 bits per heavy atom. The van der Waals surface area contributed by atoms with E-state index in [1.54, 1.807) is 18.0 Å². The first-order valence-electron chi connectivity index (χ1n) is 6.73. The molecule has 106 valence electrons. The third-order valence-electron chi connectivity index (χ3n) is 3.09. The summed E-state index contributed by atoms with van der Waals surface area (Å²) in [6, 6.07) is 10.2. The molecule has 0 bridgehead atoms. The van der Waals surface area contributed by atoms with Crippen molar-refractivity contribution >= 4 is 11.8 Å². The van der Waals surface area contributed by atoms with Crippen molar-refractivity contribution in [3.05, 3.63) is 48.3 Å². The summed E-state index contributed by atoms with van der Waals surface area (Å²) in [4.78, 5) is 5.35. The molecule has 2 aromatic rings. The van der Waals surface area contributed by atoms with Gasteiger partial charge in [0.15, 0.2) is 0 Å². The summed E-state index contributed by atoms with van der Waals surface area (Å²) in [5.41, 5.74) is 7.09. The van der Waals surface area contributed by atoms with E-state index in [-0.39, 0.29) is 6.04 Å². The van der Waals surface area contributed by atoms with Gasteiger partial charge in [0.25, 0.3) is 0 Å². The number of aromatic nitrogens is 1. The highest BCUT2D eigenvalue weighted by Crippen LogP contribution is 2.31. The maximum atomic E-state index is 5.98. The fraction of sp³-hybridized carbons (Fsp3) is 0.312. The van der Waals surface area contributed by atoms with Crippen LogP contribution in [0.2, 0.25) is 0 Å². The van der Waals surface area contributed by atoms with Gasteiger partial charge < -0.3 is 10.5 Å². The van der Waals surface area contributed by atoms with Crippen molar-refractivity contribution in [1.29, 1.82) is 0 Å². The van der Waals surface area contributed by atoms with E-state index >= 15 is 0 Å². The molecule has 0 spiro atoms. The van der Waals surface area contributed by atoms with Crippen LogP contribution >= 0.6 is 11.8 Å². The molecule has 0 aliphatic carbocycles. The van der Waals surface area contributed by atoms with Crippen LogP contribution in [0.25, 0.3) is 0 Å². The van der Waals surface area contributed by atoms with Gasteiger partial charge in [0.2, 0.25) is 0 Å². The summed E-state index contributed by atoms with van der Waals surface area (Å²) < 4.78 is 5.93. The molecule has 1 aromatic heterocycles. The highest BCUT2D eigenvalue weighted by Gasteiger charge is 2.06. The second kappa shape index (κ2) is 7.31. The predicted octanol–water partition coefficient (Wildman–Crippen LogP) is 3.88. The van der Waals surface area contributed by atoms with Gasteiger partial charge in [0, 0.05) is 17.1 Å². The van der Waals surface area contributed by atoms with Crippen molar-refractivity contribution in [2.75, 3.05) is 6.26 Å². The highest BCUT2D eigenvalue weighted by molar-refractivity contribution is 7.98. The van der Waals surface area contributed by atoms with Crippen LogP contribution in [0.4, 0.5) is 0 Å². The molecule has 1 heterocycles. The molecule has 4 heteroatoms. The van der Waals surface area contributed by atoms with Crippen LogP contribution in [0.5, 0.6) is 11.5 Å². The van der Waals surface area contributed by atoms with Crippen molar-refractivity contribution in [1.82, 2.24) is 4.98 Å². The molecule has 1 unspecified atom stereocenters. The SMILES string of the molecule is CCC(N)Cc1cncc(Oc2ccccc2SC)c1. The van der Waals surface area contributed by atoms with E-state index in [1.165, 1.54) is 0 Å². The molecule has 2 rings (SSSR count). The Kier molecular flexibility index (Phi) is 5.44. The lowest BCUT2D eigenvalue weighted by atomic mass is 10.1. The zero-order chi connectivity index (χ0) is 14.4. The normalized spacial score (nSPS) is 12.2. The largest absolute Gasteiger partial charge is 0.455 e. The molecule has 0 saturated carbocycles. The topological polar surface area (TPSA) is 48.1 Å². The van der Waals surface area contributed by atoms with Crippen molar-refractivity contribution < 1.29 is 4.74 Å². The Hall–Kier alpha value is -1.52. The van der Waals surface area contributed by atoms with Gasteiger partial charge in [0.05, 0.1) is 6.20 Å².